The molecule has 1 aliphatic heterocycles. The highest BCUT2D eigenvalue weighted by Gasteiger charge is 2.20. The monoisotopic (exact) mass is 435 g/mol. The molecule has 0 spiro atoms. The van der Waals surface area contributed by atoms with Gasteiger partial charge in [-0.1, -0.05) is 42.3 Å². The number of aryl methyl sites for hydroxylation is 1. The minimum Gasteiger partial charge on any atom is -0.351 e. The number of carbonyl (C=O) groups excluding carboxylic acids is 1. The summed E-state index contributed by atoms with van der Waals surface area (Å²) in [5.74, 6) is -0.0175. The molecule has 0 aliphatic carbocycles. The highest BCUT2D eigenvalue weighted by Crippen LogP contribution is 2.30. The lowest BCUT2D eigenvalue weighted by Crippen LogP contribution is -2.37. The molecule has 1 saturated heterocycles. The van der Waals surface area contributed by atoms with E-state index in [2.05, 4.69) is 39.9 Å². The van der Waals surface area contributed by atoms with Gasteiger partial charge in [-0.25, -0.2) is 0 Å². The highest BCUT2D eigenvalue weighted by atomic mass is 35.5. The molecule has 2 heterocycles. The van der Waals surface area contributed by atoms with Gasteiger partial charge in [-0.15, -0.1) is 0 Å². The average Bonchev–Trinajstić information content (AvgIpc) is 3.12. The first-order valence-electron chi connectivity index (χ1n) is 11.1. The number of piperidine rings is 1. The highest BCUT2D eigenvalue weighted by molar-refractivity contribution is 6.30. The number of carbonyl (C=O) groups is 1. The van der Waals surface area contributed by atoms with Crippen LogP contribution in [0, 0.1) is 13.8 Å². The second-order valence-corrected chi connectivity index (χ2v) is 8.80. The maximum Gasteiger partial charge on any atom is 0.253 e. The van der Waals surface area contributed by atoms with Gasteiger partial charge in [0, 0.05) is 29.5 Å². The van der Waals surface area contributed by atoms with E-state index in [1.165, 1.54) is 24.8 Å². The van der Waals surface area contributed by atoms with Crippen LogP contribution in [0.25, 0.3) is 16.9 Å². The molecule has 0 unspecified atom stereocenters. The second-order valence-electron chi connectivity index (χ2n) is 8.37. The lowest BCUT2D eigenvalue weighted by Gasteiger charge is -2.26. The standard InChI is InChI=1S/C26H30ClN3O/c1-19-7-6-8-23(17-19)30-20(2)24(18-25(30)21-9-11-22(27)12-10-21)26(31)28-13-16-29-14-4-3-5-15-29/h6-12,17-18H,3-5,13-16H2,1-2H3,(H,28,31). The number of likely N-dealkylation sites (tertiary alicyclic amines) is 1. The van der Waals surface area contributed by atoms with Crippen LogP contribution < -0.4 is 5.32 Å². The van der Waals surface area contributed by atoms with E-state index in [4.69, 9.17) is 11.6 Å². The molecule has 31 heavy (non-hydrogen) atoms. The summed E-state index contributed by atoms with van der Waals surface area (Å²) in [6.07, 6.45) is 3.84. The first-order valence-corrected chi connectivity index (χ1v) is 11.5. The molecule has 1 amide bonds. The number of hydrogen-bond donors (Lipinski definition) is 1. The van der Waals surface area contributed by atoms with Crippen molar-refractivity contribution in [3.63, 3.8) is 0 Å². The van der Waals surface area contributed by atoms with Gasteiger partial charge in [0.15, 0.2) is 0 Å². The fraction of sp³-hybridized carbons (Fsp3) is 0.346. The van der Waals surface area contributed by atoms with Crippen LogP contribution in [0.5, 0.6) is 0 Å². The summed E-state index contributed by atoms with van der Waals surface area (Å²) < 4.78 is 2.16. The Morgan fingerprint density at radius 2 is 1.74 bits per heavy atom. The van der Waals surface area contributed by atoms with Crippen molar-refractivity contribution >= 4 is 17.5 Å². The molecule has 2 aromatic carbocycles. The molecule has 5 heteroatoms. The van der Waals surface area contributed by atoms with E-state index in [1.807, 2.05) is 43.3 Å². The Balaban J connectivity index is 1.62. The summed E-state index contributed by atoms with van der Waals surface area (Å²) in [7, 11) is 0. The van der Waals surface area contributed by atoms with E-state index in [-0.39, 0.29) is 5.91 Å². The number of rotatable bonds is 6. The van der Waals surface area contributed by atoms with E-state index < -0.39 is 0 Å². The molecule has 0 atom stereocenters. The summed E-state index contributed by atoms with van der Waals surface area (Å²) in [4.78, 5) is 15.5. The first-order chi connectivity index (χ1) is 15.0. The van der Waals surface area contributed by atoms with Crippen LogP contribution in [0.3, 0.4) is 0 Å². The van der Waals surface area contributed by atoms with E-state index in [1.54, 1.807) is 0 Å². The molecule has 162 valence electrons. The molecule has 0 saturated carbocycles. The van der Waals surface area contributed by atoms with Crippen LogP contribution in [0.15, 0.2) is 54.6 Å². The number of aromatic nitrogens is 1. The molecule has 4 rings (SSSR count). The molecular weight excluding hydrogens is 406 g/mol. The third-order valence-electron chi connectivity index (χ3n) is 6.05. The summed E-state index contributed by atoms with van der Waals surface area (Å²) in [5.41, 5.74) is 5.90. The van der Waals surface area contributed by atoms with Gasteiger partial charge in [-0.2, -0.15) is 0 Å². The molecule has 3 aromatic rings. The summed E-state index contributed by atoms with van der Waals surface area (Å²) >= 11 is 6.11. The fourth-order valence-corrected chi connectivity index (χ4v) is 4.50. The van der Waals surface area contributed by atoms with Gasteiger partial charge in [0.05, 0.1) is 11.3 Å². The lowest BCUT2D eigenvalue weighted by molar-refractivity contribution is 0.0946. The number of nitrogens with one attached hydrogen (secondary N) is 1. The zero-order valence-corrected chi connectivity index (χ0v) is 19.1. The zero-order valence-electron chi connectivity index (χ0n) is 18.3. The van der Waals surface area contributed by atoms with Gasteiger partial charge < -0.3 is 14.8 Å². The minimum absolute atomic E-state index is 0.0175. The minimum atomic E-state index is -0.0175. The molecule has 1 fully saturated rings. The van der Waals surface area contributed by atoms with Gasteiger partial charge in [-0.3, -0.25) is 4.79 Å². The number of benzene rings is 2. The van der Waals surface area contributed by atoms with E-state index in [0.29, 0.717) is 17.1 Å². The van der Waals surface area contributed by atoms with Crippen molar-refractivity contribution < 1.29 is 4.79 Å². The van der Waals surface area contributed by atoms with Crippen LogP contribution in [0.2, 0.25) is 5.02 Å². The molecule has 1 N–H and O–H groups in total. The zero-order chi connectivity index (χ0) is 21.8. The Morgan fingerprint density at radius 1 is 1.00 bits per heavy atom. The number of halogens is 1. The SMILES string of the molecule is Cc1cccc(-n2c(-c3ccc(Cl)cc3)cc(C(=O)NCCN3CCCCC3)c2C)c1. The Kier molecular flexibility index (Phi) is 6.79. The van der Waals surface area contributed by atoms with Crippen molar-refractivity contribution in [2.45, 2.75) is 33.1 Å². The summed E-state index contributed by atoms with van der Waals surface area (Å²) in [6, 6.07) is 18.1. The van der Waals surface area contributed by atoms with Crippen molar-refractivity contribution in [1.82, 2.24) is 14.8 Å². The number of nitrogens with zero attached hydrogens (tertiary/aromatic N) is 2. The van der Waals surface area contributed by atoms with Crippen molar-refractivity contribution in [3.05, 3.63) is 76.4 Å². The van der Waals surface area contributed by atoms with Gasteiger partial charge in [0.1, 0.15) is 0 Å². The summed E-state index contributed by atoms with van der Waals surface area (Å²) in [6.45, 7) is 7.95. The average molecular weight is 436 g/mol. The Labute approximate surface area is 189 Å². The Morgan fingerprint density at radius 3 is 2.45 bits per heavy atom. The number of amides is 1. The Hall–Kier alpha value is -2.56. The molecular formula is C26H30ClN3O. The van der Waals surface area contributed by atoms with Crippen molar-refractivity contribution in [2.24, 2.45) is 0 Å². The maximum absolute atomic E-state index is 13.1. The normalized spacial score (nSPS) is 14.5. The fourth-order valence-electron chi connectivity index (χ4n) is 4.38. The number of hydrogen-bond acceptors (Lipinski definition) is 2. The van der Waals surface area contributed by atoms with Crippen molar-refractivity contribution in [3.8, 4) is 16.9 Å². The predicted molar refractivity (Wildman–Crippen MR) is 128 cm³/mol. The quantitative estimate of drug-likeness (QED) is 0.544. The van der Waals surface area contributed by atoms with Crippen LogP contribution in [0.1, 0.15) is 40.9 Å². The van der Waals surface area contributed by atoms with Crippen LogP contribution in [0.4, 0.5) is 0 Å². The third kappa shape index (κ3) is 5.03. The molecule has 4 nitrogen and oxygen atoms in total. The van der Waals surface area contributed by atoms with Crippen LogP contribution in [-0.2, 0) is 0 Å². The molecule has 0 bridgehead atoms. The van der Waals surface area contributed by atoms with Crippen molar-refractivity contribution in [1.29, 1.82) is 0 Å². The maximum atomic E-state index is 13.1. The van der Waals surface area contributed by atoms with E-state index >= 15 is 0 Å². The lowest BCUT2D eigenvalue weighted by atomic mass is 10.1. The van der Waals surface area contributed by atoms with Gasteiger partial charge >= 0.3 is 0 Å². The van der Waals surface area contributed by atoms with Crippen LogP contribution in [-0.4, -0.2) is 41.6 Å². The van der Waals surface area contributed by atoms with Crippen molar-refractivity contribution in [2.75, 3.05) is 26.2 Å². The van der Waals surface area contributed by atoms with E-state index in [9.17, 15) is 4.79 Å². The largest absolute Gasteiger partial charge is 0.351 e. The molecule has 1 aromatic heterocycles. The smallest absolute Gasteiger partial charge is 0.253 e. The van der Waals surface area contributed by atoms with Gasteiger partial charge in [-0.05, 0) is 81.2 Å². The Bertz CT molecular complexity index is 1050. The molecule has 0 radical (unpaired) electrons. The summed E-state index contributed by atoms with van der Waals surface area (Å²) in [5, 5.41) is 3.83. The third-order valence-corrected chi connectivity index (χ3v) is 6.31. The van der Waals surface area contributed by atoms with E-state index in [0.717, 1.165) is 42.3 Å². The van der Waals surface area contributed by atoms with Gasteiger partial charge in [0.2, 0.25) is 0 Å². The topological polar surface area (TPSA) is 37.3 Å². The van der Waals surface area contributed by atoms with Crippen LogP contribution >= 0.6 is 11.6 Å². The molecule has 1 aliphatic rings. The first kappa shape index (κ1) is 21.7. The second kappa shape index (κ2) is 9.71. The van der Waals surface area contributed by atoms with Gasteiger partial charge in [0.25, 0.3) is 5.91 Å². The predicted octanol–water partition coefficient (Wildman–Crippen LogP) is 5.63.